The van der Waals surface area contributed by atoms with Crippen LogP contribution in [0.25, 0.3) is 0 Å². The van der Waals surface area contributed by atoms with Crippen molar-refractivity contribution in [3.8, 4) is 12.3 Å². The predicted octanol–water partition coefficient (Wildman–Crippen LogP) is 3.85. The van der Waals surface area contributed by atoms with Gasteiger partial charge in [-0.2, -0.15) is 0 Å². The normalized spacial score (nSPS) is 16.5. The molecule has 30 heavy (non-hydrogen) atoms. The molecule has 1 aliphatic rings. The van der Waals surface area contributed by atoms with Crippen molar-refractivity contribution < 1.29 is 10.0 Å². The van der Waals surface area contributed by atoms with Crippen LogP contribution in [0, 0.1) is 12.3 Å². The first-order valence-corrected chi connectivity index (χ1v) is 11.2. The summed E-state index contributed by atoms with van der Waals surface area (Å²) < 4.78 is 2.32. The molecule has 5 nitrogen and oxygen atoms in total. The molecule has 0 aromatic heterocycles. The van der Waals surface area contributed by atoms with E-state index in [1.807, 2.05) is 30.3 Å². The molecule has 0 saturated carbocycles. The molecule has 0 bridgehead atoms. The topological polar surface area (TPSA) is 47.0 Å². The maximum Gasteiger partial charge on any atom is 0.233 e. The first-order chi connectivity index (χ1) is 14.6. The second-order valence-corrected chi connectivity index (χ2v) is 8.70. The van der Waals surface area contributed by atoms with Gasteiger partial charge in [0.15, 0.2) is 0 Å². The van der Waals surface area contributed by atoms with Gasteiger partial charge in [0.05, 0.1) is 6.04 Å². The third kappa shape index (κ3) is 6.02. The van der Waals surface area contributed by atoms with Gasteiger partial charge < -0.3 is 4.90 Å². The third-order valence-electron chi connectivity index (χ3n) is 5.56. The van der Waals surface area contributed by atoms with Crippen LogP contribution in [0.2, 0.25) is 0 Å². The van der Waals surface area contributed by atoms with Crippen molar-refractivity contribution in [2.45, 2.75) is 25.3 Å². The highest BCUT2D eigenvalue weighted by atomic mass is 32.2. The number of hydrogen-bond acceptors (Lipinski definition) is 5. The zero-order valence-electron chi connectivity index (χ0n) is 17.4. The van der Waals surface area contributed by atoms with Crippen LogP contribution < -0.4 is 4.90 Å². The number of benzene rings is 2. The summed E-state index contributed by atoms with van der Waals surface area (Å²) in [6, 6.07) is 18.1. The molecular formula is C24H29N3O2S. The Kier molecular flexibility index (Phi) is 8.21. The van der Waals surface area contributed by atoms with Crippen molar-refractivity contribution in [2.75, 3.05) is 36.8 Å². The Morgan fingerprint density at radius 3 is 2.40 bits per heavy atom. The van der Waals surface area contributed by atoms with Crippen LogP contribution >= 0.6 is 11.9 Å². The van der Waals surface area contributed by atoms with E-state index in [1.54, 1.807) is 11.9 Å². The summed E-state index contributed by atoms with van der Waals surface area (Å²) in [5.74, 6) is 3.58. The molecule has 0 spiro atoms. The van der Waals surface area contributed by atoms with Crippen molar-refractivity contribution in [1.29, 1.82) is 0 Å². The Morgan fingerprint density at radius 1 is 1.13 bits per heavy atom. The molecule has 1 fully saturated rings. The Balaban J connectivity index is 1.50. The van der Waals surface area contributed by atoms with E-state index in [2.05, 4.69) is 46.3 Å². The van der Waals surface area contributed by atoms with Gasteiger partial charge in [0, 0.05) is 43.2 Å². The van der Waals surface area contributed by atoms with Crippen molar-refractivity contribution in [3.05, 3.63) is 65.7 Å². The van der Waals surface area contributed by atoms with Crippen LogP contribution in [0.5, 0.6) is 0 Å². The molecule has 0 aliphatic carbocycles. The smallest absolute Gasteiger partial charge is 0.233 e. The van der Waals surface area contributed by atoms with Gasteiger partial charge in [-0.15, -0.1) is 6.42 Å². The molecule has 1 amide bonds. The highest BCUT2D eigenvalue weighted by Gasteiger charge is 2.23. The quantitative estimate of drug-likeness (QED) is 0.218. The minimum absolute atomic E-state index is 0.225. The monoisotopic (exact) mass is 423 g/mol. The minimum atomic E-state index is -0.225. The van der Waals surface area contributed by atoms with Crippen LogP contribution in [-0.4, -0.2) is 59.0 Å². The summed E-state index contributed by atoms with van der Waals surface area (Å²) in [5, 5.41) is 10.9. The number of anilines is 1. The Morgan fingerprint density at radius 2 is 1.80 bits per heavy atom. The lowest BCUT2D eigenvalue weighted by Crippen LogP contribution is -2.44. The fraction of sp³-hybridized carbons (Fsp3) is 0.375. The van der Waals surface area contributed by atoms with E-state index in [9.17, 15) is 10.0 Å². The van der Waals surface area contributed by atoms with Crippen LogP contribution in [0.4, 0.5) is 5.69 Å². The Bertz CT molecular complexity index is 830. The lowest BCUT2D eigenvalue weighted by Gasteiger charge is -2.36. The molecule has 2 atom stereocenters. The van der Waals surface area contributed by atoms with E-state index in [0.717, 1.165) is 36.8 Å². The summed E-state index contributed by atoms with van der Waals surface area (Å²) >= 11 is 1.71. The van der Waals surface area contributed by atoms with E-state index in [4.69, 9.17) is 6.42 Å². The molecule has 2 aromatic rings. The Labute approximate surface area is 183 Å². The zero-order chi connectivity index (χ0) is 21.3. The molecule has 1 heterocycles. The lowest BCUT2D eigenvalue weighted by molar-refractivity contribution is -0.158. The molecule has 1 saturated heterocycles. The van der Waals surface area contributed by atoms with Gasteiger partial charge in [-0.25, -0.2) is 9.37 Å². The van der Waals surface area contributed by atoms with E-state index in [0.29, 0.717) is 18.6 Å². The summed E-state index contributed by atoms with van der Waals surface area (Å²) in [6.45, 7) is 5.86. The van der Waals surface area contributed by atoms with E-state index >= 15 is 0 Å². The van der Waals surface area contributed by atoms with Crippen molar-refractivity contribution in [1.82, 2.24) is 9.37 Å². The molecule has 0 radical (unpaired) electrons. The highest BCUT2D eigenvalue weighted by molar-refractivity contribution is 7.97. The molecule has 2 aromatic carbocycles. The van der Waals surface area contributed by atoms with Crippen molar-refractivity contribution >= 4 is 24.0 Å². The number of amides is 1. The fourth-order valence-corrected chi connectivity index (χ4v) is 4.79. The molecule has 1 N–H and O–H groups in total. The van der Waals surface area contributed by atoms with Gasteiger partial charge in [-0.3, -0.25) is 10.0 Å². The van der Waals surface area contributed by atoms with Gasteiger partial charge in [0.25, 0.3) is 0 Å². The molecule has 6 heteroatoms. The number of nitrogens with zero attached hydrogens (tertiary/aromatic N) is 3. The average Bonchev–Trinajstić information content (AvgIpc) is 2.82. The van der Waals surface area contributed by atoms with Crippen LogP contribution in [0.15, 0.2) is 54.6 Å². The van der Waals surface area contributed by atoms with Gasteiger partial charge in [-0.1, -0.05) is 55.1 Å². The average molecular weight is 424 g/mol. The number of hydroxylamine groups is 2. The largest absolute Gasteiger partial charge is 0.369 e. The molecule has 1 aliphatic heterocycles. The number of terminal acetylenes is 1. The van der Waals surface area contributed by atoms with Gasteiger partial charge >= 0.3 is 0 Å². The number of hydrogen-bond donors (Lipinski definition) is 1. The maximum atomic E-state index is 11.2. The van der Waals surface area contributed by atoms with Crippen LogP contribution in [-0.2, 0) is 4.79 Å². The van der Waals surface area contributed by atoms with Gasteiger partial charge in [-0.05, 0) is 42.2 Å². The summed E-state index contributed by atoms with van der Waals surface area (Å²) in [7, 11) is 0. The molecular weight excluding hydrogens is 394 g/mol. The second kappa shape index (κ2) is 11.1. The molecule has 2 unspecified atom stereocenters. The second-order valence-electron chi connectivity index (χ2n) is 7.59. The standard InChI is InChI=1S/C24H29N3O2S/c1-3-21-9-11-23(12-10-21)25-13-15-26(16-14-25)30-18-24(27(29)19-28)17-20(2)22-7-5-4-6-8-22/h1,4-12,19-20,24,29H,13-18H2,2H3. The summed E-state index contributed by atoms with van der Waals surface area (Å²) in [5.41, 5.74) is 3.31. The van der Waals surface area contributed by atoms with E-state index < -0.39 is 0 Å². The highest BCUT2D eigenvalue weighted by Crippen LogP contribution is 2.26. The van der Waals surface area contributed by atoms with Crippen molar-refractivity contribution in [3.63, 3.8) is 0 Å². The number of carbonyl (C=O) groups excluding carboxylic acids is 1. The fourth-order valence-electron chi connectivity index (χ4n) is 3.70. The summed E-state index contributed by atoms with van der Waals surface area (Å²) in [4.78, 5) is 13.6. The number of piperazine rings is 1. The van der Waals surface area contributed by atoms with Gasteiger partial charge in [0.1, 0.15) is 0 Å². The molecule has 3 rings (SSSR count). The number of carbonyl (C=O) groups is 1. The van der Waals surface area contributed by atoms with Crippen molar-refractivity contribution in [2.24, 2.45) is 0 Å². The first-order valence-electron chi connectivity index (χ1n) is 10.3. The first kappa shape index (κ1) is 22.2. The SMILES string of the molecule is C#Cc1ccc(N2CCN(SCC(CC(C)c3ccccc3)N(O)C=O)CC2)cc1. The minimum Gasteiger partial charge on any atom is -0.369 e. The van der Waals surface area contributed by atoms with Crippen LogP contribution in [0.1, 0.15) is 30.4 Å². The zero-order valence-corrected chi connectivity index (χ0v) is 18.2. The van der Waals surface area contributed by atoms with Crippen LogP contribution in [0.3, 0.4) is 0 Å². The van der Waals surface area contributed by atoms with E-state index in [-0.39, 0.29) is 12.0 Å². The van der Waals surface area contributed by atoms with Gasteiger partial charge in [0.2, 0.25) is 6.41 Å². The predicted molar refractivity (Wildman–Crippen MR) is 124 cm³/mol. The van der Waals surface area contributed by atoms with E-state index in [1.165, 1.54) is 11.3 Å². The number of rotatable bonds is 9. The molecule has 158 valence electrons. The lowest BCUT2D eigenvalue weighted by atomic mass is 9.94. The maximum absolute atomic E-state index is 11.2. The Hall–Kier alpha value is -2.46. The summed E-state index contributed by atoms with van der Waals surface area (Å²) in [6.07, 6.45) is 6.66. The third-order valence-corrected chi connectivity index (χ3v) is 6.83.